The highest BCUT2D eigenvalue weighted by molar-refractivity contribution is 5.96. The van der Waals surface area contributed by atoms with Gasteiger partial charge in [-0.3, -0.25) is 9.69 Å². The lowest BCUT2D eigenvalue weighted by atomic mass is 9.68. The second-order valence-electron chi connectivity index (χ2n) is 6.48. The Morgan fingerprint density at radius 3 is 2.62 bits per heavy atom. The number of nitrogens with one attached hydrogen (secondary N) is 1. The summed E-state index contributed by atoms with van der Waals surface area (Å²) in [5.74, 6) is 0.0922. The molecule has 114 valence electrons. The number of hydrogen-bond donors (Lipinski definition) is 2. The largest absolute Gasteiger partial charge is 0.329 e. The van der Waals surface area contributed by atoms with Gasteiger partial charge in [0, 0.05) is 18.8 Å². The van der Waals surface area contributed by atoms with Crippen molar-refractivity contribution in [2.75, 3.05) is 25.0 Å². The van der Waals surface area contributed by atoms with Crippen LogP contribution in [-0.2, 0) is 11.3 Å². The van der Waals surface area contributed by atoms with Crippen molar-refractivity contribution in [1.82, 2.24) is 4.90 Å². The Labute approximate surface area is 126 Å². The highest BCUT2D eigenvalue weighted by Crippen LogP contribution is 2.40. The maximum Gasteiger partial charge on any atom is 0.231 e. The minimum Gasteiger partial charge on any atom is -0.329 e. The summed E-state index contributed by atoms with van der Waals surface area (Å²) in [6, 6.07) is 8.22. The lowest BCUT2D eigenvalue weighted by Gasteiger charge is -2.39. The molecule has 0 unspecified atom stereocenters. The van der Waals surface area contributed by atoms with Crippen LogP contribution in [0.3, 0.4) is 0 Å². The van der Waals surface area contributed by atoms with E-state index in [1.54, 1.807) is 0 Å². The van der Waals surface area contributed by atoms with Crippen molar-refractivity contribution in [2.45, 2.75) is 38.6 Å². The summed E-state index contributed by atoms with van der Waals surface area (Å²) in [6.07, 6.45) is 5.55. The third-order valence-corrected chi connectivity index (χ3v) is 4.97. The summed E-state index contributed by atoms with van der Waals surface area (Å²) < 4.78 is 0. The van der Waals surface area contributed by atoms with E-state index < -0.39 is 0 Å². The molecule has 1 aliphatic carbocycles. The molecule has 0 bridgehead atoms. The molecule has 0 spiro atoms. The molecule has 1 saturated carbocycles. The molecule has 1 aliphatic heterocycles. The predicted molar refractivity (Wildman–Crippen MR) is 84.9 cm³/mol. The first-order valence-corrected chi connectivity index (χ1v) is 8.05. The first kappa shape index (κ1) is 14.5. The van der Waals surface area contributed by atoms with Crippen LogP contribution in [0, 0.1) is 5.41 Å². The number of likely N-dealkylation sites (tertiary alicyclic amines) is 1. The minimum absolute atomic E-state index is 0.0922. The van der Waals surface area contributed by atoms with Gasteiger partial charge in [-0.25, -0.2) is 0 Å². The van der Waals surface area contributed by atoms with Crippen molar-refractivity contribution in [3.8, 4) is 0 Å². The van der Waals surface area contributed by atoms with Crippen LogP contribution in [0.4, 0.5) is 5.69 Å². The van der Waals surface area contributed by atoms with Gasteiger partial charge in [-0.05, 0) is 56.5 Å². The number of nitrogens with zero attached hydrogens (tertiary/aromatic N) is 1. The van der Waals surface area contributed by atoms with Crippen molar-refractivity contribution < 1.29 is 4.79 Å². The lowest BCUT2D eigenvalue weighted by molar-refractivity contribution is -0.129. The topological polar surface area (TPSA) is 58.4 Å². The Morgan fingerprint density at radius 2 is 2.00 bits per heavy atom. The first-order valence-electron chi connectivity index (χ1n) is 8.05. The van der Waals surface area contributed by atoms with E-state index in [1.165, 1.54) is 31.5 Å². The zero-order valence-corrected chi connectivity index (χ0v) is 12.6. The number of carbonyl (C=O) groups is 1. The van der Waals surface area contributed by atoms with Crippen LogP contribution in [0.15, 0.2) is 24.3 Å². The van der Waals surface area contributed by atoms with Gasteiger partial charge in [0.25, 0.3) is 0 Å². The second-order valence-corrected chi connectivity index (χ2v) is 6.48. The van der Waals surface area contributed by atoms with Crippen molar-refractivity contribution >= 4 is 11.6 Å². The lowest BCUT2D eigenvalue weighted by Crippen LogP contribution is -2.47. The van der Waals surface area contributed by atoms with Crippen LogP contribution >= 0.6 is 0 Å². The predicted octanol–water partition coefficient (Wildman–Crippen LogP) is 2.35. The minimum atomic E-state index is -0.315. The molecule has 4 heteroatoms. The summed E-state index contributed by atoms with van der Waals surface area (Å²) in [7, 11) is 0. The Morgan fingerprint density at radius 1 is 1.24 bits per heavy atom. The molecular formula is C17H25N3O. The maximum atomic E-state index is 12.4. The number of amides is 1. The number of rotatable bonds is 5. The third-order valence-electron chi connectivity index (χ3n) is 4.97. The molecule has 1 saturated heterocycles. The van der Waals surface area contributed by atoms with Gasteiger partial charge in [0.1, 0.15) is 0 Å². The van der Waals surface area contributed by atoms with Gasteiger partial charge in [0.15, 0.2) is 0 Å². The fourth-order valence-electron chi connectivity index (χ4n) is 3.34. The molecule has 1 aromatic rings. The smallest absolute Gasteiger partial charge is 0.231 e. The van der Waals surface area contributed by atoms with Crippen LogP contribution in [0.25, 0.3) is 0 Å². The molecule has 3 N–H and O–H groups in total. The van der Waals surface area contributed by atoms with Gasteiger partial charge >= 0.3 is 0 Å². The van der Waals surface area contributed by atoms with Crippen molar-refractivity contribution in [3.63, 3.8) is 0 Å². The molecule has 0 atom stereocenters. The zero-order valence-electron chi connectivity index (χ0n) is 12.6. The number of nitrogens with two attached hydrogens (primary N) is 1. The third kappa shape index (κ3) is 3.11. The average molecular weight is 287 g/mol. The van der Waals surface area contributed by atoms with Gasteiger partial charge in [-0.2, -0.15) is 0 Å². The van der Waals surface area contributed by atoms with E-state index in [0.29, 0.717) is 6.54 Å². The van der Waals surface area contributed by atoms with E-state index in [4.69, 9.17) is 5.73 Å². The normalized spacial score (nSPS) is 21.0. The highest BCUT2D eigenvalue weighted by atomic mass is 16.2. The van der Waals surface area contributed by atoms with Gasteiger partial charge in [0.05, 0.1) is 5.41 Å². The molecule has 1 heterocycles. The number of benzene rings is 1. The van der Waals surface area contributed by atoms with Crippen molar-refractivity contribution in [3.05, 3.63) is 29.8 Å². The maximum absolute atomic E-state index is 12.4. The van der Waals surface area contributed by atoms with E-state index in [-0.39, 0.29) is 11.3 Å². The zero-order chi connectivity index (χ0) is 14.7. The quantitative estimate of drug-likeness (QED) is 0.874. The van der Waals surface area contributed by atoms with E-state index in [1.807, 2.05) is 12.1 Å². The van der Waals surface area contributed by atoms with E-state index in [0.717, 1.165) is 31.5 Å². The molecule has 0 radical (unpaired) electrons. The van der Waals surface area contributed by atoms with E-state index >= 15 is 0 Å². The Bertz CT molecular complexity index is 499. The molecule has 2 fully saturated rings. The number of hydrogen-bond acceptors (Lipinski definition) is 3. The molecule has 2 aliphatic rings. The molecule has 0 aromatic heterocycles. The average Bonchev–Trinajstić information content (AvgIpc) is 2.91. The molecule has 4 nitrogen and oxygen atoms in total. The highest BCUT2D eigenvalue weighted by Gasteiger charge is 2.42. The van der Waals surface area contributed by atoms with Crippen LogP contribution < -0.4 is 11.1 Å². The molecule has 21 heavy (non-hydrogen) atoms. The van der Waals surface area contributed by atoms with Gasteiger partial charge in [0.2, 0.25) is 5.91 Å². The summed E-state index contributed by atoms with van der Waals surface area (Å²) in [5.41, 5.74) is 7.65. The second kappa shape index (κ2) is 6.16. The monoisotopic (exact) mass is 287 g/mol. The summed E-state index contributed by atoms with van der Waals surface area (Å²) >= 11 is 0. The van der Waals surface area contributed by atoms with Crippen LogP contribution in [-0.4, -0.2) is 30.4 Å². The SMILES string of the molecule is NCC1(C(=O)Nc2cccc(CN3CCCC3)c2)CCC1. The Hall–Kier alpha value is -1.39. The van der Waals surface area contributed by atoms with Crippen LogP contribution in [0.2, 0.25) is 0 Å². The summed E-state index contributed by atoms with van der Waals surface area (Å²) in [6.45, 7) is 3.80. The summed E-state index contributed by atoms with van der Waals surface area (Å²) in [4.78, 5) is 14.9. The number of carbonyl (C=O) groups excluding carboxylic acids is 1. The fourth-order valence-corrected chi connectivity index (χ4v) is 3.34. The van der Waals surface area contributed by atoms with Crippen molar-refractivity contribution in [1.29, 1.82) is 0 Å². The molecular weight excluding hydrogens is 262 g/mol. The van der Waals surface area contributed by atoms with Crippen LogP contribution in [0.1, 0.15) is 37.7 Å². The van der Waals surface area contributed by atoms with E-state index in [2.05, 4.69) is 22.3 Å². The molecule has 3 rings (SSSR count). The molecule has 1 amide bonds. The van der Waals surface area contributed by atoms with Crippen LogP contribution in [0.5, 0.6) is 0 Å². The first-order chi connectivity index (χ1) is 10.2. The van der Waals surface area contributed by atoms with E-state index in [9.17, 15) is 4.79 Å². The summed E-state index contributed by atoms with van der Waals surface area (Å²) in [5, 5.41) is 3.06. The fraction of sp³-hybridized carbons (Fsp3) is 0.588. The van der Waals surface area contributed by atoms with Gasteiger partial charge in [-0.15, -0.1) is 0 Å². The Kier molecular flexibility index (Phi) is 4.27. The van der Waals surface area contributed by atoms with Gasteiger partial charge in [-0.1, -0.05) is 18.6 Å². The van der Waals surface area contributed by atoms with Gasteiger partial charge < -0.3 is 11.1 Å². The Balaban J connectivity index is 1.64. The molecule has 1 aromatic carbocycles. The number of anilines is 1. The van der Waals surface area contributed by atoms with Crippen molar-refractivity contribution in [2.24, 2.45) is 11.1 Å². The standard InChI is InChI=1S/C17H25N3O/c18-13-17(7-4-8-17)16(21)19-15-6-3-5-14(11-15)12-20-9-1-2-10-20/h3,5-6,11H,1-2,4,7-10,12-13,18H2,(H,19,21).